The summed E-state index contributed by atoms with van der Waals surface area (Å²) in [4.78, 5) is 14.2. The van der Waals surface area contributed by atoms with Gasteiger partial charge in [0, 0.05) is 0 Å². The molecular weight excluding hydrogens is 536 g/mol. The minimum Gasteiger partial charge on any atom is -1.00 e. The zero-order chi connectivity index (χ0) is 20.5. The molecule has 1 radical (unpaired) electrons. The van der Waals surface area contributed by atoms with Gasteiger partial charge in [-0.2, -0.15) is 0 Å². The Morgan fingerprint density at radius 3 is 1.32 bits per heavy atom. The van der Waals surface area contributed by atoms with Crippen LogP contribution in [0.3, 0.4) is 0 Å². The van der Waals surface area contributed by atoms with Gasteiger partial charge < -0.3 is 46.7 Å². The van der Waals surface area contributed by atoms with Gasteiger partial charge in [0.15, 0.2) is 0 Å². The van der Waals surface area contributed by atoms with Crippen molar-refractivity contribution in [3.63, 3.8) is 0 Å². The summed E-state index contributed by atoms with van der Waals surface area (Å²) in [6, 6.07) is 26.1. The van der Waals surface area contributed by atoms with Gasteiger partial charge in [0.2, 0.25) is 11.8 Å². The minimum absolute atomic E-state index is 0. The second kappa shape index (κ2) is 13.1. The van der Waals surface area contributed by atoms with Crippen molar-refractivity contribution in [3.05, 3.63) is 101 Å². The van der Waals surface area contributed by atoms with Gasteiger partial charge in [-0.3, -0.25) is 0 Å². The first kappa shape index (κ1) is 30.0. The Bertz CT molecular complexity index is 1030. The molecule has 5 nitrogen and oxygen atoms in total. The van der Waals surface area contributed by atoms with Crippen LogP contribution in [0, 0.1) is 0 Å². The van der Waals surface area contributed by atoms with Crippen LogP contribution >= 0.6 is 0 Å². The Labute approximate surface area is 229 Å². The van der Waals surface area contributed by atoms with Crippen LogP contribution < -0.4 is 37.2 Å². The molecule has 0 amide bonds. The van der Waals surface area contributed by atoms with E-state index in [2.05, 4.69) is 38.1 Å². The van der Waals surface area contributed by atoms with Crippen molar-refractivity contribution in [2.24, 2.45) is 9.98 Å². The van der Waals surface area contributed by atoms with Crippen molar-refractivity contribution in [2.45, 2.75) is 38.1 Å². The van der Waals surface area contributed by atoms with Gasteiger partial charge in [-0.1, -0.05) is 66.7 Å². The molecule has 179 valence electrons. The topological polar surface area (TPSA) is 56.1 Å². The molecule has 0 spiro atoms. The number of rotatable bonds is 4. The minimum atomic E-state index is -0.103. The predicted molar refractivity (Wildman–Crippen MR) is 117 cm³/mol. The first-order chi connectivity index (χ1) is 14.7. The number of aromatic nitrogens is 1. The quantitative estimate of drug-likeness (QED) is 0.306. The third-order valence-corrected chi connectivity index (χ3v) is 5.44. The number of ether oxygens (including phenoxy) is 2. The summed E-state index contributed by atoms with van der Waals surface area (Å²) >= 11 is 0. The summed E-state index contributed by atoms with van der Waals surface area (Å²) in [5, 5.41) is 0. The fourth-order valence-corrected chi connectivity index (χ4v) is 3.91. The number of pyridine rings is 1. The molecule has 1 aromatic heterocycles. The van der Waals surface area contributed by atoms with Crippen LogP contribution in [0.25, 0.3) is 0 Å². The van der Waals surface area contributed by atoms with E-state index in [0.717, 1.165) is 11.1 Å². The molecule has 2 aromatic carbocycles. The predicted octanol–water partition coefficient (Wildman–Crippen LogP) is -4.10. The Morgan fingerprint density at radius 1 is 0.559 bits per heavy atom. The summed E-state index contributed by atoms with van der Waals surface area (Å²) in [5.74, 6) is 1.12. The van der Waals surface area contributed by atoms with Gasteiger partial charge in [0.1, 0.15) is 23.6 Å². The maximum absolute atomic E-state index is 6.18. The Hall–Kier alpha value is -2.08. The zero-order valence-corrected chi connectivity index (χ0v) is 21.8. The van der Waals surface area contributed by atoms with Gasteiger partial charge >= 0.3 is 17.1 Å². The summed E-state index contributed by atoms with van der Waals surface area (Å²) in [6.45, 7) is 4.12. The van der Waals surface area contributed by atoms with E-state index < -0.39 is 0 Å². The van der Waals surface area contributed by atoms with Crippen LogP contribution in [0.2, 0.25) is 0 Å². The molecular formula is C25H23Cl3FeN3O2. The average molecular weight is 560 g/mol. The van der Waals surface area contributed by atoms with E-state index in [-0.39, 0.29) is 78.6 Å². The summed E-state index contributed by atoms with van der Waals surface area (Å²) < 4.78 is 12.4. The molecule has 0 aliphatic carbocycles. The molecule has 2 aliphatic heterocycles. The standard InChI is InChI=1S/C25H23N3O2.3ClH.Fe/c1-16-22(18-10-5-3-6-11-18)29-24(26-16)20-14-9-15-21(28-20)25-27-17(2)23(30-25)19-12-7-4-8-13-19;;;;/h3-17,22-23H,1-2H3;3*1H;/q;;;;+3/p-3. The summed E-state index contributed by atoms with van der Waals surface area (Å²) in [7, 11) is 0. The molecule has 0 saturated heterocycles. The van der Waals surface area contributed by atoms with Gasteiger partial charge in [-0.25, -0.2) is 15.0 Å². The number of benzene rings is 2. The van der Waals surface area contributed by atoms with Crippen LogP contribution in [0.1, 0.15) is 48.6 Å². The van der Waals surface area contributed by atoms with Crippen LogP contribution in [-0.4, -0.2) is 28.9 Å². The molecule has 9 heteroatoms. The number of nitrogens with zero attached hydrogens (tertiary/aromatic N) is 3. The van der Waals surface area contributed by atoms with Crippen LogP contribution in [-0.2, 0) is 26.5 Å². The van der Waals surface area contributed by atoms with Gasteiger partial charge in [0.05, 0.1) is 12.1 Å². The van der Waals surface area contributed by atoms with E-state index in [0.29, 0.717) is 23.2 Å². The molecule has 0 saturated carbocycles. The number of halogens is 3. The van der Waals surface area contributed by atoms with E-state index in [1.54, 1.807) is 0 Å². The van der Waals surface area contributed by atoms with Gasteiger partial charge in [-0.05, 0) is 37.1 Å². The van der Waals surface area contributed by atoms with Crippen molar-refractivity contribution < 1.29 is 63.8 Å². The second-order valence-corrected chi connectivity index (χ2v) is 7.66. The number of aliphatic imine (C=N–C) groups is 2. The van der Waals surface area contributed by atoms with E-state index in [9.17, 15) is 0 Å². The van der Waals surface area contributed by atoms with Crippen molar-refractivity contribution in [1.82, 2.24) is 4.98 Å². The maximum Gasteiger partial charge on any atom is 3.00 e. The van der Waals surface area contributed by atoms with Crippen LogP contribution in [0.15, 0.2) is 88.8 Å². The zero-order valence-electron chi connectivity index (χ0n) is 18.5. The molecule has 3 heterocycles. The van der Waals surface area contributed by atoms with E-state index >= 15 is 0 Å². The number of hydrogen-bond acceptors (Lipinski definition) is 5. The Balaban J connectivity index is 0.00000144. The summed E-state index contributed by atoms with van der Waals surface area (Å²) in [6.07, 6.45) is -0.205. The Morgan fingerprint density at radius 2 is 0.941 bits per heavy atom. The normalized spacial score (nSPS) is 22.3. The fraction of sp³-hybridized carbons (Fsp3) is 0.240. The first-order valence-electron chi connectivity index (χ1n) is 10.3. The van der Waals surface area contributed by atoms with Crippen molar-refractivity contribution in [2.75, 3.05) is 0 Å². The fourth-order valence-electron chi connectivity index (χ4n) is 3.91. The molecule has 0 fully saturated rings. The molecule has 34 heavy (non-hydrogen) atoms. The molecule has 3 aromatic rings. The average Bonchev–Trinajstić information content (AvgIpc) is 3.38. The van der Waals surface area contributed by atoms with Crippen molar-refractivity contribution >= 4 is 11.8 Å². The molecule has 4 unspecified atom stereocenters. The number of hydrogen-bond donors (Lipinski definition) is 0. The van der Waals surface area contributed by atoms with Gasteiger partial charge in [0.25, 0.3) is 0 Å². The first-order valence-corrected chi connectivity index (χ1v) is 10.3. The molecule has 0 N–H and O–H groups in total. The van der Waals surface area contributed by atoms with E-state index in [1.165, 1.54) is 0 Å². The third kappa shape index (κ3) is 6.12. The molecule has 0 bridgehead atoms. The summed E-state index contributed by atoms with van der Waals surface area (Å²) in [5.41, 5.74) is 3.62. The van der Waals surface area contributed by atoms with Gasteiger partial charge in [-0.15, -0.1) is 0 Å². The SMILES string of the molecule is CC1N=C(c2cccc(C3=NC(C)C(c4ccccc4)O3)n2)OC1c1ccccc1.[Cl-].[Cl-].[Cl-].[Fe+3]. The third-order valence-electron chi connectivity index (χ3n) is 5.44. The Kier molecular flexibility index (Phi) is 11.6. The van der Waals surface area contributed by atoms with E-state index in [1.807, 2.05) is 54.6 Å². The smallest absolute Gasteiger partial charge is 1.00 e. The van der Waals surface area contributed by atoms with E-state index in [4.69, 9.17) is 24.4 Å². The molecule has 2 aliphatic rings. The van der Waals surface area contributed by atoms with Crippen molar-refractivity contribution in [3.8, 4) is 0 Å². The second-order valence-electron chi connectivity index (χ2n) is 7.66. The van der Waals surface area contributed by atoms with Crippen molar-refractivity contribution in [1.29, 1.82) is 0 Å². The molecule has 5 rings (SSSR count). The monoisotopic (exact) mass is 558 g/mol. The van der Waals surface area contributed by atoms with Crippen LogP contribution in [0.4, 0.5) is 0 Å². The maximum atomic E-state index is 6.18. The largest absolute Gasteiger partial charge is 3.00 e. The molecule has 4 atom stereocenters. The van der Waals surface area contributed by atoms with Crippen LogP contribution in [0.5, 0.6) is 0 Å².